The molecule has 74 valence electrons. The number of allylic oxidation sites excluding steroid dienone is 1. The Morgan fingerprint density at radius 3 is 2.92 bits per heavy atom. The van der Waals surface area contributed by atoms with E-state index in [1.54, 1.807) is 7.11 Å². The maximum absolute atomic E-state index is 9.91. The highest BCUT2D eigenvalue weighted by Gasteiger charge is 2.45. The molecule has 2 heteroatoms. The first-order valence-electron chi connectivity index (χ1n) is 5.13. The Balaban J connectivity index is 2.38. The van der Waals surface area contributed by atoms with E-state index in [1.807, 2.05) is 0 Å². The minimum atomic E-state index is -0.145. The van der Waals surface area contributed by atoms with Gasteiger partial charge in [-0.2, -0.15) is 0 Å². The van der Waals surface area contributed by atoms with Gasteiger partial charge in [0.1, 0.15) is 0 Å². The number of aliphatic hydroxyl groups is 1. The summed E-state index contributed by atoms with van der Waals surface area (Å²) in [6, 6.07) is 0. The molecule has 0 aromatic rings. The molecule has 0 saturated heterocycles. The van der Waals surface area contributed by atoms with Crippen molar-refractivity contribution in [1.29, 1.82) is 0 Å². The van der Waals surface area contributed by atoms with Gasteiger partial charge in [0.2, 0.25) is 0 Å². The number of rotatable bonds is 1. The molecule has 0 bridgehead atoms. The van der Waals surface area contributed by atoms with E-state index in [9.17, 15) is 5.11 Å². The van der Waals surface area contributed by atoms with Crippen LogP contribution in [0.2, 0.25) is 0 Å². The van der Waals surface area contributed by atoms with Crippen LogP contribution in [0.4, 0.5) is 0 Å². The highest BCUT2D eigenvalue weighted by molar-refractivity contribution is 5.27. The van der Waals surface area contributed by atoms with Crippen molar-refractivity contribution in [3.8, 4) is 0 Å². The van der Waals surface area contributed by atoms with Gasteiger partial charge in [0.25, 0.3) is 0 Å². The second-order valence-corrected chi connectivity index (χ2v) is 4.43. The van der Waals surface area contributed by atoms with Crippen LogP contribution in [0.3, 0.4) is 0 Å². The Morgan fingerprint density at radius 2 is 2.23 bits per heavy atom. The van der Waals surface area contributed by atoms with Gasteiger partial charge in [-0.1, -0.05) is 6.92 Å². The molecule has 0 aromatic heterocycles. The lowest BCUT2D eigenvalue weighted by atomic mass is 9.74. The zero-order valence-corrected chi connectivity index (χ0v) is 8.47. The molecule has 0 unspecified atom stereocenters. The van der Waals surface area contributed by atoms with Crippen LogP contribution >= 0.6 is 0 Å². The summed E-state index contributed by atoms with van der Waals surface area (Å²) in [5, 5.41) is 9.91. The highest BCUT2D eigenvalue weighted by Crippen LogP contribution is 2.51. The SMILES string of the molecule is COC1=C2CC[C@H](O)[C@]2(C)CCC1. The molecule has 0 heterocycles. The monoisotopic (exact) mass is 182 g/mol. The molecule has 2 rings (SSSR count). The standard InChI is InChI=1S/C11H18O2/c1-11-7-3-4-9(13-2)8(11)5-6-10(11)12/h10,12H,3-7H2,1-2H3/t10-,11+/m0/s1. The molecule has 0 amide bonds. The molecular formula is C11H18O2. The molecule has 2 atom stereocenters. The van der Waals surface area contributed by atoms with Gasteiger partial charge in [-0.25, -0.2) is 0 Å². The van der Waals surface area contributed by atoms with E-state index in [0.717, 1.165) is 37.9 Å². The van der Waals surface area contributed by atoms with Gasteiger partial charge in [0.05, 0.1) is 19.0 Å². The van der Waals surface area contributed by atoms with Crippen molar-refractivity contribution in [3.05, 3.63) is 11.3 Å². The largest absolute Gasteiger partial charge is 0.501 e. The van der Waals surface area contributed by atoms with E-state index in [1.165, 1.54) is 5.57 Å². The van der Waals surface area contributed by atoms with E-state index in [0.29, 0.717) is 0 Å². The van der Waals surface area contributed by atoms with Crippen molar-refractivity contribution >= 4 is 0 Å². The lowest BCUT2D eigenvalue weighted by Gasteiger charge is -2.34. The lowest BCUT2D eigenvalue weighted by molar-refractivity contribution is 0.0668. The van der Waals surface area contributed by atoms with E-state index >= 15 is 0 Å². The van der Waals surface area contributed by atoms with Gasteiger partial charge >= 0.3 is 0 Å². The fourth-order valence-corrected chi connectivity index (χ4v) is 2.85. The molecule has 1 saturated carbocycles. The zero-order valence-electron chi connectivity index (χ0n) is 8.47. The third-order valence-corrected chi connectivity index (χ3v) is 3.78. The first kappa shape index (κ1) is 9.07. The number of aliphatic hydroxyl groups excluding tert-OH is 1. The Morgan fingerprint density at radius 1 is 1.46 bits per heavy atom. The van der Waals surface area contributed by atoms with Crippen molar-refractivity contribution in [2.45, 2.75) is 45.1 Å². The predicted molar refractivity (Wildman–Crippen MR) is 51.2 cm³/mol. The molecule has 0 radical (unpaired) electrons. The summed E-state index contributed by atoms with van der Waals surface area (Å²) >= 11 is 0. The summed E-state index contributed by atoms with van der Waals surface area (Å²) in [5.41, 5.74) is 1.41. The maximum atomic E-state index is 9.91. The average Bonchev–Trinajstić information content (AvgIpc) is 2.43. The third kappa shape index (κ3) is 1.19. The molecule has 1 fully saturated rings. The van der Waals surface area contributed by atoms with Crippen molar-refractivity contribution in [2.24, 2.45) is 5.41 Å². The molecule has 0 aliphatic heterocycles. The Hall–Kier alpha value is -0.500. The van der Waals surface area contributed by atoms with Gasteiger partial charge in [0.15, 0.2) is 0 Å². The van der Waals surface area contributed by atoms with Gasteiger partial charge < -0.3 is 9.84 Å². The minimum Gasteiger partial charge on any atom is -0.501 e. The minimum absolute atomic E-state index is 0.0313. The van der Waals surface area contributed by atoms with Crippen molar-refractivity contribution in [1.82, 2.24) is 0 Å². The molecule has 2 aliphatic carbocycles. The average molecular weight is 182 g/mol. The zero-order chi connectivity index (χ0) is 9.47. The van der Waals surface area contributed by atoms with E-state index in [-0.39, 0.29) is 11.5 Å². The first-order valence-corrected chi connectivity index (χ1v) is 5.13. The summed E-state index contributed by atoms with van der Waals surface area (Å²) in [5.74, 6) is 1.14. The number of methoxy groups -OCH3 is 1. The summed E-state index contributed by atoms with van der Waals surface area (Å²) in [7, 11) is 1.75. The van der Waals surface area contributed by atoms with Crippen LogP contribution in [0, 0.1) is 5.41 Å². The fraction of sp³-hybridized carbons (Fsp3) is 0.818. The highest BCUT2D eigenvalue weighted by atomic mass is 16.5. The number of fused-ring (bicyclic) bond motifs is 1. The van der Waals surface area contributed by atoms with Crippen LogP contribution in [-0.4, -0.2) is 18.3 Å². The van der Waals surface area contributed by atoms with Crippen LogP contribution < -0.4 is 0 Å². The van der Waals surface area contributed by atoms with Gasteiger partial charge in [0, 0.05) is 11.8 Å². The van der Waals surface area contributed by atoms with E-state index < -0.39 is 0 Å². The fourth-order valence-electron chi connectivity index (χ4n) is 2.85. The number of hydrogen-bond donors (Lipinski definition) is 1. The maximum Gasteiger partial charge on any atom is 0.0953 e. The normalized spacial score (nSPS) is 39.2. The second kappa shape index (κ2) is 3.02. The van der Waals surface area contributed by atoms with E-state index in [4.69, 9.17) is 4.74 Å². The topological polar surface area (TPSA) is 29.5 Å². The third-order valence-electron chi connectivity index (χ3n) is 3.78. The van der Waals surface area contributed by atoms with Crippen LogP contribution in [0.25, 0.3) is 0 Å². The Kier molecular flexibility index (Phi) is 2.11. The lowest BCUT2D eigenvalue weighted by Crippen LogP contribution is -2.30. The van der Waals surface area contributed by atoms with Crippen LogP contribution in [-0.2, 0) is 4.74 Å². The summed E-state index contributed by atoms with van der Waals surface area (Å²) in [4.78, 5) is 0. The quantitative estimate of drug-likeness (QED) is 0.674. The van der Waals surface area contributed by atoms with Crippen LogP contribution in [0.15, 0.2) is 11.3 Å². The van der Waals surface area contributed by atoms with Crippen molar-refractivity contribution in [3.63, 3.8) is 0 Å². The van der Waals surface area contributed by atoms with Gasteiger partial charge in [-0.3, -0.25) is 0 Å². The number of ether oxygens (including phenoxy) is 1. The molecular weight excluding hydrogens is 164 g/mol. The molecule has 0 aromatic carbocycles. The van der Waals surface area contributed by atoms with Gasteiger partial charge in [-0.15, -0.1) is 0 Å². The predicted octanol–water partition coefficient (Wildman–Crippen LogP) is 2.23. The van der Waals surface area contributed by atoms with Crippen molar-refractivity contribution < 1.29 is 9.84 Å². The molecule has 1 N–H and O–H groups in total. The first-order chi connectivity index (χ1) is 6.18. The number of hydrogen-bond acceptors (Lipinski definition) is 2. The van der Waals surface area contributed by atoms with E-state index in [2.05, 4.69) is 6.92 Å². The summed E-state index contributed by atoms with van der Waals surface area (Å²) in [6.45, 7) is 2.18. The van der Waals surface area contributed by atoms with Gasteiger partial charge in [-0.05, 0) is 31.3 Å². The molecule has 0 spiro atoms. The second-order valence-electron chi connectivity index (χ2n) is 4.43. The Labute approximate surface area is 79.6 Å². The summed E-state index contributed by atoms with van der Waals surface area (Å²) in [6.07, 6.45) is 5.14. The molecule has 2 nitrogen and oxygen atoms in total. The van der Waals surface area contributed by atoms with Crippen molar-refractivity contribution in [2.75, 3.05) is 7.11 Å². The summed E-state index contributed by atoms with van der Waals surface area (Å²) < 4.78 is 5.39. The smallest absolute Gasteiger partial charge is 0.0953 e. The van der Waals surface area contributed by atoms with Crippen LogP contribution in [0.5, 0.6) is 0 Å². The van der Waals surface area contributed by atoms with Crippen LogP contribution in [0.1, 0.15) is 39.0 Å². The Bertz CT molecular complexity index is 244. The molecule has 2 aliphatic rings. The molecule has 13 heavy (non-hydrogen) atoms.